The highest BCUT2D eigenvalue weighted by molar-refractivity contribution is 6.38. The van der Waals surface area contributed by atoms with Crippen molar-refractivity contribution in [3.8, 4) is 11.5 Å². The average molecular weight is 796 g/mol. The monoisotopic (exact) mass is 795 g/mol. The summed E-state index contributed by atoms with van der Waals surface area (Å²) in [7, 11) is 1.51. The van der Waals surface area contributed by atoms with Crippen molar-refractivity contribution in [3.63, 3.8) is 0 Å². The summed E-state index contributed by atoms with van der Waals surface area (Å²) < 4.78 is 11.5. The Labute approximate surface area is 332 Å². The Morgan fingerprint density at radius 2 is 1.71 bits per heavy atom. The van der Waals surface area contributed by atoms with Crippen LogP contribution in [0.25, 0.3) is 0 Å². The molecule has 0 bridgehead atoms. The summed E-state index contributed by atoms with van der Waals surface area (Å²) in [5.74, 6) is -3.12. The topological polar surface area (TPSA) is 198 Å². The van der Waals surface area contributed by atoms with Crippen molar-refractivity contribution < 1.29 is 38.2 Å². The van der Waals surface area contributed by atoms with E-state index < -0.39 is 71.0 Å². The fraction of sp³-hybridized carbons (Fsp3) is 0.600. The zero-order valence-electron chi connectivity index (χ0n) is 32.8. The Morgan fingerprint density at radius 1 is 0.982 bits per heavy atom. The van der Waals surface area contributed by atoms with Gasteiger partial charge >= 0.3 is 0 Å². The van der Waals surface area contributed by atoms with Gasteiger partial charge in [0.2, 0.25) is 23.5 Å². The van der Waals surface area contributed by atoms with Crippen LogP contribution in [0.1, 0.15) is 102 Å². The molecule has 15 nitrogen and oxygen atoms in total. The molecule has 5 rings (SSSR count). The molecule has 5 atom stereocenters. The molecule has 1 aliphatic heterocycles. The Hall–Kier alpha value is -4.79. The number of ether oxygens (including phenoxy) is 2. The molecule has 2 aromatic rings. The molecule has 16 heteroatoms. The maximum Gasteiger partial charge on any atom is 0.289 e. The van der Waals surface area contributed by atoms with Gasteiger partial charge in [0, 0.05) is 30.9 Å². The van der Waals surface area contributed by atoms with E-state index in [0.29, 0.717) is 30.8 Å². The van der Waals surface area contributed by atoms with Crippen LogP contribution in [0.3, 0.4) is 0 Å². The third-order valence-electron chi connectivity index (χ3n) is 10.5. The van der Waals surface area contributed by atoms with Crippen LogP contribution in [0.15, 0.2) is 36.8 Å². The predicted octanol–water partition coefficient (Wildman–Crippen LogP) is 3.53. The first-order valence-electron chi connectivity index (χ1n) is 19.5. The summed E-state index contributed by atoms with van der Waals surface area (Å²) in [4.78, 5) is 92.0. The molecule has 2 heterocycles. The summed E-state index contributed by atoms with van der Waals surface area (Å²) >= 11 is 6.50. The number of benzene rings is 1. The number of carbonyl (C=O) groups excluding carboxylic acids is 6. The van der Waals surface area contributed by atoms with Crippen LogP contribution < -0.4 is 30.7 Å². The molecule has 4 N–H and O–H groups in total. The summed E-state index contributed by atoms with van der Waals surface area (Å²) in [6.45, 7) is 7.19. The number of Topliss-reactive ketones (excluding diaryl/α,β-unsaturated/α-hetero) is 1. The molecule has 2 aliphatic carbocycles. The van der Waals surface area contributed by atoms with Gasteiger partial charge in [0.05, 0.1) is 30.9 Å². The fourth-order valence-electron chi connectivity index (χ4n) is 7.27. The molecular formula is C40H54ClN7O8. The SMILES string of the molecule is CCC[C@H](NC(=O)[C@@H]1C[C@@H](Oc2ccc(OC)cc2Cl)CN1C(=O)[C@@H](NC(=O)[C@@H](NC(=O)c1cnccn1)C1CCCCC1)C(C)(C)C)C(=O)C(=O)NC1CC1. The number of carbonyl (C=O) groups is 6. The molecule has 2 saturated carbocycles. The number of nitrogens with one attached hydrogen (secondary N) is 4. The Balaban J connectivity index is 1.41. The van der Waals surface area contributed by atoms with E-state index in [4.69, 9.17) is 21.1 Å². The molecule has 304 valence electrons. The first kappa shape index (κ1) is 42.4. The summed E-state index contributed by atoms with van der Waals surface area (Å²) in [5.41, 5.74) is -0.803. The van der Waals surface area contributed by atoms with Gasteiger partial charge in [-0.2, -0.15) is 0 Å². The first-order chi connectivity index (χ1) is 26.7. The molecule has 3 aliphatic rings. The molecular weight excluding hydrogens is 742 g/mol. The lowest BCUT2D eigenvalue weighted by molar-refractivity contribution is -0.145. The van der Waals surface area contributed by atoms with Gasteiger partial charge in [0.25, 0.3) is 11.8 Å². The van der Waals surface area contributed by atoms with Crippen molar-refractivity contribution in [1.29, 1.82) is 0 Å². The second kappa shape index (κ2) is 18.9. The number of aromatic nitrogens is 2. The van der Waals surface area contributed by atoms with Gasteiger partial charge in [-0.25, -0.2) is 4.98 Å². The van der Waals surface area contributed by atoms with E-state index in [0.717, 1.165) is 32.1 Å². The maximum absolute atomic E-state index is 14.8. The highest BCUT2D eigenvalue weighted by Gasteiger charge is 2.47. The Morgan fingerprint density at radius 3 is 2.32 bits per heavy atom. The van der Waals surface area contributed by atoms with Crippen LogP contribution in [0.4, 0.5) is 0 Å². The van der Waals surface area contributed by atoms with Crippen LogP contribution in [-0.2, 0) is 24.0 Å². The second-order valence-corrected chi connectivity index (χ2v) is 16.4. The Bertz CT molecular complexity index is 1750. The third-order valence-corrected chi connectivity index (χ3v) is 10.8. The van der Waals surface area contributed by atoms with Crippen molar-refractivity contribution in [2.45, 2.75) is 128 Å². The predicted molar refractivity (Wildman–Crippen MR) is 207 cm³/mol. The average Bonchev–Trinajstić information content (AvgIpc) is 3.90. The highest BCUT2D eigenvalue weighted by atomic mass is 35.5. The van der Waals surface area contributed by atoms with Crippen LogP contribution in [0.5, 0.6) is 11.5 Å². The molecule has 1 saturated heterocycles. The van der Waals surface area contributed by atoms with E-state index in [1.54, 1.807) is 39.0 Å². The minimum absolute atomic E-state index is 0.0327. The maximum atomic E-state index is 14.8. The number of methoxy groups -OCH3 is 1. The normalized spacial score (nSPS) is 20.2. The van der Waals surface area contributed by atoms with Gasteiger partial charge in [-0.15, -0.1) is 0 Å². The zero-order chi connectivity index (χ0) is 40.6. The van der Waals surface area contributed by atoms with E-state index in [2.05, 4.69) is 31.2 Å². The van der Waals surface area contributed by atoms with Crippen molar-refractivity contribution in [2.24, 2.45) is 11.3 Å². The number of ketones is 1. The molecule has 56 heavy (non-hydrogen) atoms. The number of rotatable bonds is 16. The number of hydrogen-bond donors (Lipinski definition) is 4. The zero-order valence-corrected chi connectivity index (χ0v) is 33.5. The number of amides is 5. The molecule has 1 aromatic heterocycles. The smallest absolute Gasteiger partial charge is 0.289 e. The standard InChI is InChI=1S/C40H54ClN7O8/c1-6-10-28(33(49)38(53)44-24-13-14-24)45-36(51)30-20-26(56-31-16-15-25(55-5)19-27(31)41)22-48(30)39(54)34(40(2,3)4)47-37(52)32(23-11-8-7-9-12-23)46-35(50)29-21-42-17-18-43-29/h15-19,21,23-24,26,28,30,32,34H,6-14,20,22H2,1-5H3,(H,44,53)(H,45,51)(H,46,50)(H,47,52)/t26-,28+,30+,32+,34-/m1/s1. The van der Waals surface area contributed by atoms with E-state index >= 15 is 0 Å². The van der Waals surface area contributed by atoms with Crippen LogP contribution in [0, 0.1) is 11.3 Å². The van der Waals surface area contributed by atoms with Gasteiger partial charge < -0.3 is 35.6 Å². The molecule has 0 radical (unpaired) electrons. The van der Waals surface area contributed by atoms with Gasteiger partial charge in [-0.05, 0) is 55.6 Å². The number of hydrogen-bond acceptors (Lipinski definition) is 10. The van der Waals surface area contributed by atoms with Gasteiger partial charge in [-0.1, -0.05) is 65.0 Å². The molecule has 1 aromatic carbocycles. The molecule has 5 amide bonds. The van der Waals surface area contributed by atoms with Crippen molar-refractivity contribution >= 4 is 46.9 Å². The van der Waals surface area contributed by atoms with E-state index in [1.807, 2.05) is 6.92 Å². The van der Waals surface area contributed by atoms with Crippen LogP contribution in [0.2, 0.25) is 5.02 Å². The molecule has 3 fully saturated rings. The lowest BCUT2D eigenvalue weighted by atomic mass is 9.82. The largest absolute Gasteiger partial charge is 0.497 e. The summed E-state index contributed by atoms with van der Waals surface area (Å²) in [6.07, 6.45) is 10.0. The van der Waals surface area contributed by atoms with Crippen LogP contribution in [-0.4, -0.2) is 100 Å². The lowest BCUT2D eigenvalue weighted by Gasteiger charge is -2.37. The Kier molecular flexibility index (Phi) is 14.3. The first-order valence-corrected chi connectivity index (χ1v) is 19.9. The number of halogens is 1. The van der Waals surface area contributed by atoms with Crippen LogP contribution >= 0.6 is 11.6 Å². The number of nitrogens with zero attached hydrogens (tertiary/aromatic N) is 3. The van der Waals surface area contributed by atoms with Crippen molar-refractivity contribution in [3.05, 3.63) is 47.5 Å². The van der Waals surface area contributed by atoms with Crippen molar-refractivity contribution in [1.82, 2.24) is 36.1 Å². The van der Waals surface area contributed by atoms with E-state index in [-0.39, 0.29) is 42.1 Å². The minimum Gasteiger partial charge on any atom is -0.497 e. The lowest BCUT2D eigenvalue weighted by Crippen LogP contribution is -2.62. The van der Waals surface area contributed by atoms with Crippen molar-refractivity contribution in [2.75, 3.05) is 13.7 Å². The summed E-state index contributed by atoms with van der Waals surface area (Å²) in [5, 5.41) is 11.5. The van der Waals surface area contributed by atoms with E-state index in [1.165, 1.54) is 30.6 Å². The molecule has 0 spiro atoms. The van der Waals surface area contributed by atoms with E-state index in [9.17, 15) is 28.8 Å². The quantitative estimate of drug-likeness (QED) is 0.183. The third kappa shape index (κ3) is 10.9. The van der Waals surface area contributed by atoms with Gasteiger partial charge in [0.1, 0.15) is 41.4 Å². The molecule has 0 unspecified atom stereocenters. The minimum atomic E-state index is -1.15. The fourth-order valence-corrected chi connectivity index (χ4v) is 7.48. The summed E-state index contributed by atoms with van der Waals surface area (Å²) in [6, 6.07) is 0.507. The second-order valence-electron chi connectivity index (χ2n) is 16.0. The number of likely N-dealkylation sites (tertiary alicyclic amines) is 1. The van der Waals surface area contributed by atoms with Gasteiger partial charge in [0.15, 0.2) is 0 Å². The van der Waals surface area contributed by atoms with Gasteiger partial charge in [-0.3, -0.25) is 33.8 Å². The highest BCUT2D eigenvalue weighted by Crippen LogP contribution is 2.34.